The van der Waals surface area contributed by atoms with Gasteiger partial charge in [-0.05, 0) is 22.0 Å². The summed E-state index contributed by atoms with van der Waals surface area (Å²) in [7, 11) is 1.02. The van der Waals surface area contributed by atoms with Crippen LogP contribution in [0.15, 0.2) is 10.5 Å². The summed E-state index contributed by atoms with van der Waals surface area (Å²) in [6, 6.07) is 0.900. The van der Waals surface area contributed by atoms with E-state index in [9.17, 15) is 13.6 Å². The zero-order valence-electron chi connectivity index (χ0n) is 6.91. The van der Waals surface area contributed by atoms with Gasteiger partial charge in [0.25, 0.3) is 0 Å². The van der Waals surface area contributed by atoms with Crippen molar-refractivity contribution in [2.45, 2.75) is 0 Å². The number of hydrogen-bond acceptors (Lipinski definition) is 2. The number of benzene rings is 1. The number of halogens is 4. The Hall–Kier alpha value is -0.680. The van der Waals surface area contributed by atoms with Gasteiger partial charge in [0.05, 0.1) is 12.1 Å². The Balaban J connectivity index is 3.44. The molecule has 0 aliphatic rings. The van der Waals surface area contributed by atoms with Crippen LogP contribution in [0.5, 0.6) is 0 Å². The smallest absolute Gasteiger partial charge is 0.343 e. The monoisotopic (exact) mass is 284 g/mol. The zero-order valence-corrected chi connectivity index (χ0v) is 9.25. The molecule has 1 rings (SSSR count). The molecule has 0 radical (unpaired) electrons. The molecule has 2 nitrogen and oxygen atoms in total. The Bertz CT molecular complexity index is 395. The third-order valence-electron chi connectivity index (χ3n) is 1.50. The van der Waals surface area contributed by atoms with Crippen LogP contribution in [-0.2, 0) is 4.74 Å². The quantitative estimate of drug-likeness (QED) is 0.450. The first-order valence-electron chi connectivity index (χ1n) is 3.40. The van der Waals surface area contributed by atoms with E-state index in [2.05, 4.69) is 20.7 Å². The SMILES string of the molecule is COC(=O)c1c(F)cc(Br)c(Cl)c1F. The van der Waals surface area contributed by atoms with Crippen LogP contribution in [-0.4, -0.2) is 13.1 Å². The van der Waals surface area contributed by atoms with Crippen LogP contribution in [0.4, 0.5) is 8.78 Å². The van der Waals surface area contributed by atoms with Crippen LogP contribution in [0.3, 0.4) is 0 Å². The number of esters is 1. The molecule has 76 valence electrons. The molecule has 0 aromatic heterocycles. The molecule has 1 aromatic carbocycles. The van der Waals surface area contributed by atoms with Gasteiger partial charge in [-0.2, -0.15) is 0 Å². The van der Waals surface area contributed by atoms with Crippen molar-refractivity contribution in [1.29, 1.82) is 0 Å². The van der Waals surface area contributed by atoms with E-state index >= 15 is 0 Å². The molecule has 0 aliphatic heterocycles. The second-order valence-electron chi connectivity index (χ2n) is 2.33. The lowest BCUT2D eigenvalue weighted by molar-refractivity contribution is 0.0590. The highest BCUT2D eigenvalue weighted by molar-refractivity contribution is 9.10. The van der Waals surface area contributed by atoms with Crippen molar-refractivity contribution in [3.63, 3.8) is 0 Å². The largest absolute Gasteiger partial charge is 0.465 e. The lowest BCUT2D eigenvalue weighted by Crippen LogP contribution is -2.08. The van der Waals surface area contributed by atoms with Crippen LogP contribution in [0.2, 0.25) is 5.02 Å². The number of methoxy groups -OCH3 is 1. The summed E-state index contributed by atoms with van der Waals surface area (Å²) in [5, 5.41) is -0.355. The van der Waals surface area contributed by atoms with Gasteiger partial charge < -0.3 is 4.74 Å². The maximum Gasteiger partial charge on any atom is 0.343 e. The first kappa shape index (κ1) is 11.4. The topological polar surface area (TPSA) is 26.3 Å². The van der Waals surface area contributed by atoms with Gasteiger partial charge in [0.15, 0.2) is 5.82 Å². The van der Waals surface area contributed by atoms with E-state index in [0.717, 1.165) is 13.2 Å². The van der Waals surface area contributed by atoms with Gasteiger partial charge in [-0.25, -0.2) is 13.6 Å². The minimum absolute atomic E-state index is 0.0434. The van der Waals surface area contributed by atoms with Crippen LogP contribution >= 0.6 is 27.5 Å². The molecule has 14 heavy (non-hydrogen) atoms. The zero-order chi connectivity index (χ0) is 10.9. The highest BCUT2D eigenvalue weighted by Gasteiger charge is 2.22. The second kappa shape index (κ2) is 4.23. The first-order valence-corrected chi connectivity index (χ1v) is 4.57. The fraction of sp³-hybridized carbons (Fsp3) is 0.125. The van der Waals surface area contributed by atoms with Crippen LogP contribution in [0.1, 0.15) is 10.4 Å². The molecule has 6 heteroatoms. The Morgan fingerprint density at radius 3 is 2.64 bits per heavy atom. The van der Waals surface area contributed by atoms with Crippen molar-refractivity contribution in [1.82, 2.24) is 0 Å². The van der Waals surface area contributed by atoms with Gasteiger partial charge in [-0.1, -0.05) is 11.6 Å². The number of carbonyl (C=O) groups excluding carboxylic acids is 1. The summed E-state index contributed by atoms with van der Waals surface area (Å²) in [5.74, 6) is -3.26. The maximum absolute atomic E-state index is 13.3. The molecule has 1 aromatic rings. The van der Waals surface area contributed by atoms with Gasteiger partial charge in [0, 0.05) is 4.47 Å². The highest BCUT2D eigenvalue weighted by atomic mass is 79.9. The first-order chi connectivity index (χ1) is 6.49. The molecule has 0 N–H and O–H groups in total. The predicted molar refractivity (Wildman–Crippen MR) is 50.4 cm³/mol. The minimum Gasteiger partial charge on any atom is -0.465 e. The van der Waals surface area contributed by atoms with Gasteiger partial charge >= 0.3 is 5.97 Å². The fourth-order valence-electron chi connectivity index (χ4n) is 0.855. The average Bonchev–Trinajstić information content (AvgIpc) is 2.14. The molecular weight excluding hydrogens is 281 g/mol. The molecule has 0 amide bonds. The van der Waals surface area contributed by atoms with E-state index < -0.39 is 23.2 Å². The number of rotatable bonds is 1. The van der Waals surface area contributed by atoms with E-state index in [1.165, 1.54) is 0 Å². The van der Waals surface area contributed by atoms with E-state index in [1.54, 1.807) is 0 Å². The van der Waals surface area contributed by atoms with E-state index in [-0.39, 0.29) is 9.50 Å². The molecule has 0 unspecified atom stereocenters. The Labute approximate surface area is 91.9 Å². The summed E-state index contributed by atoms with van der Waals surface area (Å²) in [5.41, 5.74) is -0.791. The summed E-state index contributed by atoms with van der Waals surface area (Å²) < 4.78 is 30.6. The number of ether oxygens (including phenoxy) is 1. The lowest BCUT2D eigenvalue weighted by atomic mass is 10.2. The van der Waals surface area contributed by atoms with E-state index in [4.69, 9.17) is 11.6 Å². The van der Waals surface area contributed by atoms with Gasteiger partial charge in [0.1, 0.15) is 11.4 Å². The van der Waals surface area contributed by atoms with Gasteiger partial charge in [-0.3, -0.25) is 0 Å². The van der Waals surface area contributed by atoms with Gasteiger partial charge in [-0.15, -0.1) is 0 Å². The Kier molecular flexibility index (Phi) is 3.44. The normalized spacial score (nSPS) is 10.1. The second-order valence-corrected chi connectivity index (χ2v) is 3.57. The number of hydrogen-bond donors (Lipinski definition) is 0. The summed E-state index contributed by atoms with van der Waals surface area (Å²) in [6.07, 6.45) is 0. The van der Waals surface area contributed by atoms with Crippen LogP contribution in [0.25, 0.3) is 0 Å². The fourth-order valence-corrected chi connectivity index (χ4v) is 1.38. The van der Waals surface area contributed by atoms with Crippen LogP contribution < -0.4 is 0 Å². The minimum atomic E-state index is -1.13. The molecule has 0 fully saturated rings. The molecule has 0 aliphatic carbocycles. The molecular formula is C8H4BrClF2O2. The van der Waals surface area contributed by atoms with Crippen molar-refractivity contribution in [3.05, 3.63) is 32.8 Å². The third kappa shape index (κ3) is 1.88. The predicted octanol–water partition coefficient (Wildman–Crippen LogP) is 3.17. The Morgan fingerprint density at radius 2 is 2.14 bits per heavy atom. The molecule has 0 heterocycles. The molecule has 0 atom stereocenters. The molecule has 0 saturated heterocycles. The molecule has 0 saturated carbocycles. The van der Waals surface area contributed by atoms with Crippen LogP contribution in [0, 0.1) is 11.6 Å². The summed E-state index contributed by atoms with van der Waals surface area (Å²) in [4.78, 5) is 10.9. The molecule has 0 bridgehead atoms. The van der Waals surface area contributed by atoms with Crippen molar-refractivity contribution in [2.24, 2.45) is 0 Å². The van der Waals surface area contributed by atoms with E-state index in [0.29, 0.717) is 0 Å². The van der Waals surface area contributed by atoms with Gasteiger partial charge in [0.2, 0.25) is 0 Å². The highest BCUT2D eigenvalue weighted by Crippen LogP contribution is 2.29. The van der Waals surface area contributed by atoms with Crippen molar-refractivity contribution < 1.29 is 18.3 Å². The summed E-state index contributed by atoms with van der Waals surface area (Å²) in [6.45, 7) is 0. The van der Waals surface area contributed by atoms with Crippen molar-refractivity contribution in [2.75, 3.05) is 7.11 Å². The Morgan fingerprint density at radius 1 is 1.57 bits per heavy atom. The van der Waals surface area contributed by atoms with Crippen molar-refractivity contribution in [3.8, 4) is 0 Å². The third-order valence-corrected chi connectivity index (χ3v) is 2.73. The maximum atomic E-state index is 13.3. The lowest BCUT2D eigenvalue weighted by Gasteiger charge is -2.05. The summed E-state index contributed by atoms with van der Waals surface area (Å²) >= 11 is 8.30. The standard InChI is InChI=1S/C8H4BrClF2O2/c1-14-8(13)5-4(11)2-3(9)6(10)7(5)12/h2H,1H3. The molecule has 0 spiro atoms. The number of carbonyl (C=O) groups is 1. The average molecular weight is 285 g/mol. The van der Waals surface area contributed by atoms with Crippen molar-refractivity contribution >= 4 is 33.5 Å². The van der Waals surface area contributed by atoms with E-state index in [1.807, 2.05) is 0 Å².